The fraction of sp³-hybridized carbons (Fsp3) is 0.222. The van der Waals surface area contributed by atoms with Crippen LogP contribution in [0.25, 0.3) is 0 Å². The Bertz CT molecular complexity index is 656. The molecule has 0 amide bonds. The van der Waals surface area contributed by atoms with E-state index in [2.05, 4.69) is 19.7 Å². The van der Waals surface area contributed by atoms with Gasteiger partial charge in [-0.05, 0) is 13.0 Å². The number of hydrogen-bond donors (Lipinski definition) is 1. The van der Waals surface area contributed by atoms with Gasteiger partial charge in [0.1, 0.15) is 5.82 Å². The summed E-state index contributed by atoms with van der Waals surface area (Å²) >= 11 is 6.50. The summed E-state index contributed by atoms with van der Waals surface area (Å²) in [4.78, 5) is 11.7. The quantitative estimate of drug-likeness (QED) is 0.922. The Hall–Kier alpha value is -1.09. The zero-order valence-electron chi connectivity index (χ0n) is 9.29. The first kappa shape index (κ1) is 13.3. The summed E-state index contributed by atoms with van der Waals surface area (Å²) < 4.78 is 26.4. The van der Waals surface area contributed by atoms with Crippen molar-refractivity contribution in [2.24, 2.45) is 0 Å². The van der Waals surface area contributed by atoms with Gasteiger partial charge in [-0.15, -0.1) is 0 Å². The fourth-order valence-corrected chi connectivity index (χ4v) is 3.54. The average molecular weight is 305 g/mol. The highest BCUT2D eigenvalue weighted by atomic mass is 35.5. The third-order valence-electron chi connectivity index (χ3n) is 2.00. The molecule has 2 heterocycles. The first-order valence-electron chi connectivity index (χ1n) is 4.87. The van der Waals surface area contributed by atoms with Crippen molar-refractivity contribution < 1.29 is 8.42 Å². The van der Waals surface area contributed by atoms with Gasteiger partial charge in [-0.25, -0.2) is 28.1 Å². The summed E-state index contributed by atoms with van der Waals surface area (Å²) in [6.07, 6.45) is 2.80. The van der Waals surface area contributed by atoms with Crippen LogP contribution in [0.2, 0.25) is 4.47 Å². The van der Waals surface area contributed by atoms with Crippen LogP contribution in [0, 0.1) is 6.92 Å². The van der Waals surface area contributed by atoms with Crippen LogP contribution in [0.15, 0.2) is 22.7 Å². The van der Waals surface area contributed by atoms with Crippen LogP contribution in [-0.2, 0) is 16.6 Å². The van der Waals surface area contributed by atoms with Crippen LogP contribution in [0.4, 0.5) is 0 Å². The molecule has 0 aliphatic carbocycles. The lowest BCUT2D eigenvalue weighted by atomic mass is 10.4. The van der Waals surface area contributed by atoms with Gasteiger partial charge < -0.3 is 0 Å². The Morgan fingerprint density at radius 3 is 2.83 bits per heavy atom. The average Bonchev–Trinajstić information content (AvgIpc) is 2.74. The number of halogens is 1. The highest BCUT2D eigenvalue weighted by molar-refractivity contribution is 7.91. The number of thiazole rings is 1. The van der Waals surface area contributed by atoms with Crippen LogP contribution in [-0.4, -0.2) is 23.4 Å². The topological polar surface area (TPSA) is 84.8 Å². The van der Waals surface area contributed by atoms with Gasteiger partial charge in [-0.2, -0.15) is 0 Å². The van der Waals surface area contributed by atoms with Gasteiger partial charge >= 0.3 is 0 Å². The molecule has 0 bridgehead atoms. The van der Waals surface area contributed by atoms with Crippen LogP contribution < -0.4 is 4.72 Å². The normalized spacial score (nSPS) is 11.7. The van der Waals surface area contributed by atoms with Crippen molar-refractivity contribution in [3.63, 3.8) is 0 Å². The molecular formula is C9H9ClN4O2S2. The Balaban J connectivity index is 2.10. The molecule has 96 valence electrons. The minimum atomic E-state index is -3.59. The lowest BCUT2D eigenvalue weighted by Gasteiger charge is -2.04. The van der Waals surface area contributed by atoms with Gasteiger partial charge in [0, 0.05) is 6.20 Å². The molecule has 0 unspecified atom stereocenters. The van der Waals surface area contributed by atoms with Gasteiger partial charge in [0.25, 0.3) is 10.0 Å². The number of nitrogens with zero attached hydrogens (tertiary/aromatic N) is 3. The largest absolute Gasteiger partial charge is 0.252 e. The Labute approximate surface area is 113 Å². The maximum Gasteiger partial charge on any atom is 0.252 e. The van der Waals surface area contributed by atoms with Crippen molar-refractivity contribution in [2.75, 3.05) is 0 Å². The summed E-state index contributed by atoms with van der Waals surface area (Å²) in [5.74, 6) is 0.590. The predicted molar refractivity (Wildman–Crippen MR) is 67.9 cm³/mol. The number of rotatable bonds is 4. The number of aromatic nitrogens is 3. The van der Waals surface area contributed by atoms with Gasteiger partial charge in [-0.1, -0.05) is 22.9 Å². The van der Waals surface area contributed by atoms with Crippen LogP contribution in [0.1, 0.15) is 11.5 Å². The molecule has 2 aromatic heterocycles. The molecule has 2 rings (SSSR count). The second-order valence-electron chi connectivity index (χ2n) is 3.35. The zero-order chi connectivity index (χ0) is 13.2. The van der Waals surface area contributed by atoms with Crippen molar-refractivity contribution in [3.05, 3.63) is 34.4 Å². The van der Waals surface area contributed by atoms with Crippen molar-refractivity contribution in [3.8, 4) is 0 Å². The van der Waals surface area contributed by atoms with Crippen LogP contribution in [0.3, 0.4) is 0 Å². The molecule has 2 aromatic rings. The Morgan fingerprint density at radius 1 is 1.44 bits per heavy atom. The first-order chi connectivity index (χ1) is 8.47. The lowest BCUT2D eigenvalue weighted by Crippen LogP contribution is -2.23. The zero-order valence-corrected chi connectivity index (χ0v) is 11.7. The molecule has 0 saturated carbocycles. The van der Waals surface area contributed by atoms with E-state index in [-0.39, 0.29) is 15.2 Å². The van der Waals surface area contributed by atoms with Crippen molar-refractivity contribution in [1.82, 2.24) is 19.7 Å². The number of aryl methyl sites for hydroxylation is 1. The highest BCUT2D eigenvalue weighted by Gasteiger charge is 2.17. The molecule has 1 N–H and O–H groups in total. The van der Waals surface area contributed by atoms with Crippen LogP contribution >= 0.6 is 22.9 Å². The maximum absolute atomic E-state index is 11.9. The second-order valence-corrected chi connectivity index (χ2v) is 6.96. The van der Waals surface area contributed by atoms with E-state index in [0.717, 1.165) is 11.3 Å². The van der Waals surface area contributed by atoms with Gasteiger partial charge in [0.05, 0.1) is 18.4 Å². The minimum absolute atomic E-state index is 0.0817. The summed E-state index contributed by atoms with van der Waals surface area (Å²) in [6, 6.07) is 1.65. The molecule has 18 heavy (non-hydrogen) atoms. The Morgan fingerprint density at radius 2 is 2.22 bits per heavy atom. The molecule has 0 aliphatic rings. The Kier molecular flexibility index (Phi) is 3.91. The maximum atomic E-state index is 11.9. The summed E-state index contributed by atoms with van der Waals surface area (Å²) in [7, 11) is -3.59. The van der Waals surface area contributed by atoms with Gasteiger partial charge in [0.15, 0.2) is 8.68 Å². The van der Waals surface area contributed by atoms with E-state index in [1.807, 2.05) is 0 Å². The van der Waals surface area contributed by atoms with E-state index in [9.17, 15) is 8.42 Å². The second kappa shape index (κ2) is 5.27. The predicted octanol–water partition coefficient (Wildman–Crippen LogP) is 1.37. The van der Waals surface area contributed by atoms with Gasteiger partial charge in [-0.3, -0.25) is 0 Å². The molecule has 0 aromatic carbocycles. The molecule has 0 saturated heterocycles. The van der Waals surface area contributed by atoms with E-state index in [1.54, 1.807) is 19.2 Å². The van der Waals surface area contributed by atoms with Crippen molar-refractivity contribution in [2.45, 2.75) is 17.7 Å². The minimum Gasteiger partial charge on any atom is -0.242 e. The molecule has 0 aliphatic heterocycles. The van der Waals surface area contributed by atoms with E-state index >= 15 is 0 Å². The lowest BCUT2D eigenvalue weighted by molar-refractivity contribution is 0.582. The SMILES string of the molecule is Cc1nccc(CNS(=O)(=O)c2cnc(Cl)s2)n1. The van der Waals surface area contributed by atoms with Crippen molar-refractivity contribution in [1.29, 1.82) is 0 Å². The monoisotopic (exact) mass is 304 g/mol. The molecule has 0 spiro atoms. The van der Waals surface area contributed by atoms with E-state index in [4.69, 9.17) is 11.6 Å². The molecule has 0 fully saturated rings. The summed E-state index contributed by atoms with van der Waals surface area (Å²) in [5, 5.41) is 0. The van der Waals surface area contributed by atoms with Crippen molar-refractivity contribution >= 4 is 33.0 Å². The standard InChI is InChI=1S/C9H9ClN4O2S2/c1-6-11-3-2-7(14-6)4-13-18(15,16)8-5-12-9(10)17-8/h2-3,5,13H,4H2,1H3. The first-order valence-corrected chi connectivity index (χ1v) is 7.55. The number of nitrogens with one attached hydrogen (secondary N) is 1. The smallest absolute Gasteiger partial charge is 0.242 e. The highest BCUT2D eigenvalue weighted by Crippen LogP contribution is 2.22. The molecular weight excluding hydrogens is 296 g/mol. The van der Waals surface area contributed by atoms with E-state index < -0.39 is 10.0 Å². The fourth-order valence-electron chi connectivity index (χ4n) is 1.21. The third-order valence-corrected chi connectivity index (χ3v) is 4.98. The van der Waals surface area contributed by atoms with Crippen LogP contribution in [0.5, 0.6) is 0 Å². The molecule has 0 radical (unpaired) electrons. The molecule has 6 nitrogen and oxygen atoms in total. The number of hydrogen-bond acceptors (Lipinski definition) is 6. The third kappa shape index (κ3) is 3.22. The summed E-state index contributed by atoms with van der Waals surface area (Å²) in [6.45, 7) is 1.84. The van der Waals surface area contributed by atoms with E-state index in [1.165, 1.54) is 6.20 Å². The molecule has 9 heteroatoms. The number of sulfonamides is 1. The summed E-state index contributed by atoms with van der Waals surface area (Å²) in [5.41, 5.74) is 0.599. The molecule has 0 atom stereocenters. The van der Waals surface area contributed by atoms with E-state index in [0.29, 0.717) is 11.5 Å². The van der Waals surface area contributed by atoms with Gasteiger partial charge in [0.2, 0.25) is 0 Å².